The maximum atomic E-state index is 5.48. The summed E-state index contributed by atoms with van der Waals surface area (Å²) in [6.45, 7) is 2.93. The lowest BCUT2D eigenvalue weighted by molar-refractivity contribution is 0.235. The molecule has 0 aliphatic rings. The normalized spacial score (nSPS) is 10.9. The van der Waals surface area contributed by atoms with Crippen molar-refractivity contribution in [3.8, 4) is 0 Å². The predicted molar refractivity (Wildman–Crippen MR) is 78.4 cm³/mol. The zero-order chi connectivity index (χ0) is 12.9. The second-order valence-corrected chi connectivity index (χ2v) is 4.72. The van der Waals surface area contributed by atoms with E-state index in [0.29, 0.717) is 6.61 Å². The minimum Gasteiger partial charge on any atom is -0.497 e. The van der Waals surface area contributed by atoms with E-state index in [2.05, 4.69) is 25.1 Å². The third-order valence-corrected chi connectivity index (χ3v) is 3.01. The van der Waals surface area contributed by atoms with Crippen molar-refractivity contribution in [2.24, 2.45) is 0 Å². The van der Waals surface area contributed by atoms with Gasteiger partial charge in [0.2, 0.25) is 0 Å². The molecule has 0 aliphatic carbocycles. The molecule has 0 saturated carbocycles. The quantitative estimate of drug-likeness (QED) is 0.393. The zero-order valence-electron chi connectivity index (χ0n) is 11.6. The maximum absolute atomic E-state index is 5.48. The molecule has 0 amide bonds. The molecule has 0 unspecified atom stereocenters. The molecule has 0 radical (unpaired) electrons. The van der Waals surface area contributed by atoms with E-state index in [9.17, 15) is 0 Å². The Balaban J connectivity index is 1.92. The molecule has 0 bridgehead atoms. The minimum absolute atomic E-state index is 0.674. The highest BCUT2D eigenvalue weighted by molar-refractivity contribution is 5.13. The maximum Gasteiger partial charge on any atom is 0.112 e. The topological polar surface area (TPSA) is 9.23 Å². The van der Waals surface area contributed by atoms with Gasteiger partial charge in [0.1, 0.15) is 6.61 Å². The predicted octanol–water partition coefficient (Wildman–Crippen LogP) is 5.47. The fourth-order valence-corrected chi connectivity index (χ4v) is 1.90. The van der Waals surface area contributed by atoms with E-state index >= 15 is 0 Å². The molecule has 1 heteroatoms. The van der Waals surface area contributed by atoms with E-state index in [1.807, 2.05) is 24.5 Å². The summed E-state index contributed by atoms with van der Waals surface area (Å²) in [6, 6.07) is 10.3. The molecule has 0 fully saturated rings. The van der Waals surface area contributed by atoms with Crippen molar-refractivity contribution in [3.05, 3.63) is 48.2 Å². The van der Waals surface area contributed by atoms with E-state index < -0.39 is 0 Å². The molecule has 0 spiro atoms. The van der Waals surface area contributed by atoms with Gasteiger partial charge in [-0.1, -0.05) is 69.4 Å². The summed E-state index contributed by atoms with van der Waals surface area (Å²) >= 11 is 0. The van der Waals surface area contributed by atoms with Crippen molar-refractivity contribution in [3.63, 3.8) is 0 Å². The van der Waals surface area contributed by atoms with Crippen molar-refractivity contribution in [2.75, 3.05) is 0 Å². The fourth-order valence-electron chi connectivity index (χ4n) is 1.90. The molecule has 100 valence electrons. The highest BCUT2D eigenvalue weighted by Crippen LogP contribution is 2.07. The van der Waals surface area contributed by atoms with Gasteiger partial charge < -0.3 is 4.74 Å². The van der Waals surface area contributed by atoms with Gasteiger partial charge in [-0.2, -0.15) is 0 Å². The third kappa shape index (κ3) is 7.94. The van der Waals surface area contributed by atoms with Crippen LogP contribution in [0.2, 0.25) is 0 Å². The van der Waals surface area contributed by atoms with Crippen LogP contribution < -0.4 is 0 Å². The number of ether oxygens (including phenoxy) is 1. The van der Waals surface area contributed by atoms with Crippen molar-refractivity contribution in [1.29, 1.82) is 0 Å². The van der Waals surface area contributed by atoms with Crippen LogP contribution in [0.1, 0.15) is 57.4 Å². The lowest BCUT2D eigenvalue weighted by Crippen LogP contribution is -1.85. The molecule has 0 N–H and O–H groups in total. The first-order valence-electron chi connectivity index (χ1n) is 7.24. The van der Waals surface area contributed by atoms with Crippen LogP contribution in [0.3, 0.4) is 0 Å². The monoisotopic (exact) mass is 246 g/mol. The summed E-state index contributed by atoms with van der Waals surface area (Å²) in [5.74, 6) is 0. The zero-order valence-corrected chi connectivity index (χ0v) is 11.6. The Kier molecular flexibility index (Phi) is 8.96. The summed E-state index contributed by atoms with van der Waals surface area (Å²) in [5.41, 5.74) is 1.22. The Hall–Kier alpha value is -1.24. The largest absolute Gasteiger partial charge is 0.497 e. The lowest BCUT2D eigenvalue weighted by atomic mass is 10.1. The van der Waals surface area contributed by atoms with Crippen LogP contribution in [0.5, 0.6) is 0 Å². The van der Waals surface area contributed by atoms with E-state index in [-0.39, 0.29) is 0 Å². The first-order valence-corrected chi connectivity index (χ1v) is 7.24. The minimum atomic E-state index is 0.674. The summed E-state index contributed by atoms with van der Waals surface area (Å²) in [7, 11) is 0. The lowest BCUT2D eigenvalue weighted by Gasteiger charge is -2.00. The standard InChI is InChI=1S/C17H26O/c1-2-3-4-5-6-7-8-12-15-18-16-17-13-10-9-11-14-17/h9-15H,2-8,16H2,1H3/b15-12+. The second kappa shape index (κ2) is 10.9. The highest BCUT2D eigenvalue weighted by atomic mass is 16.5. The van der Waals surface area contributed by atoms with Gasteiger partial charge in [0, 0.05) is 0 Å². The van der Waals surface area contributed by atoms with Gasteiger partial charge in [0.05, 0.1) is 6.26 Å². The molecule has 1 aromatic rings. The molecule has 18 heavy (non-hydrogen) atoms. The van der Waals surface area contributed by atoms with Gasteiger partial charge in [-0.05, 0) is 24.5 Å². The van der Waals surface area contributed by atoms with Crippen LogP contribution in [0.4, 0.5) is 0 Å². The fraction of sp³-hybridized carbons (Fsp3) is 0.529. The van der Waals surface area contributed by atoms with Gasteiger partial charge in [-0.3, -0.25) is 0 Å². The molecule has 0 aromatic heterocycles. The van der Waals surface area contributed by atoms with Crippen LogP contribution in [-0.4, -0.2) is 0 Å². The number of rotatable bonds is 10. The first-order chi connectivity index (χ1) is 8.93. The van der Waals surface area contributed by atoms with Crippen LogP contribution in [-0.2, 0) is 11.3 Å². The van der Waals surface area contributed by atoms with Gasteiger partial charge in [0.25, 0.3) is 0 Å². The summed E-state index contributed by atoms with van der Waals surface area (Å²) < 4.78 is 5.48. The summed E-state index contributed by atoms with van der Waals surface area (Å²) in [5, 5.41) is 0. The molecule has 0 saturated heterocycles. The Morgan fingerprint density at radius 3 is 2.44 bits per heavy atom. The Bertz CT molecular complexity index is 303. The molecular formula is C17H26O. The molecule has 0 atom stereocenters. The van der Waals surface area contributed by atoms with Crippen molar-refractivity contribution in [2.45, 2.75) is 58.5 Å². The second-order valence-electron chi connectivity index (χ2n) is 4.72. The van der Waals surface area contributed by atoms with Crippen LogP contribution in [0.25, 0.3) is 0 Å². The Morgan fingerprint density at radius 1 is 0.944 bits per heavy atom. The van der Waals surface area contributed by atoms with Crippen LogP contribution in [0.15, 0.2) is 42.7 Å². The summed E-state index contributed by atoms with van der Waals surface area (Å²) in [6.07, 6.45) is 13.3. The van der Waals surface area contributed by atoms with Gasteiger partial charge in [-0.25, -0.2) is 0 Å². The van der Waals surface area contributed by atoms with Gasteiger partial charge in [-0.15, -0.1) is 0 Å². The number of benzene rings is 1. The summed E-state index contributed by atoms with van der Waals surface area (Å²) in [4.78, 5) is 0. The Morgan fingerprint density at radius 2 is 1.67 bits per heavy atom. The van der Waals surface area contributed by atoms with E-state index in [1.54, 1.807) is 0 Å². The number of hydrogen-bond donors (Lipinski definition) is 0. The third-order valence-electron chi connectivity index (χ3n) is 3.01. The van der Waals surface area contributed by atoms with E-state index in [1.165, 1.54) is 44.1 Å². The average molecular weight is 246 g/mol. The molecule has 0 aliphatic heterocycles. The van der Waals surface area contributed by atoms with Crippen LogP contribution in [0, 0.1) is 0 Å². The SMILES string of the molecule is CCCCCCCC/C=C/OCc1ccccc1. The Labute approximate surface area is 112 Å². The smallest absolute Gasteiger partial charge is 0.112 e. The first kappa shape index (κ1) is 14.8. The van der Waals surface area contributed by atoms with Crippen molar-refractivity contribution >= 4 is 0 Å². The molecule has 1 nitrogen and oxygen atoms in total. The van der Waals surface area contributed by atoms with Crippen molar-refractivity contribution < 1.29 is 4.74 Å². The number of allylic oxidation sites excluding steroid dienone is 1. The van der Waals surface area contributed by atoms with Gasteiger partial charge in [0.15, 0.2) is 0 Å². The molecular weight excluding hydrogens is 220 g/mol. The van der Waals surface area contributed by atoms with Gasteiger partial charge >= 0.3 is 0 Å². The van der Waals surface area contributed by atoms with Crippen molar-refractivity contribution in [1.82, 2.24) is 0 Å². The van der Waals surface area contributed by atoms with E-state index in [4.69, 9.17) is 4.74 Å². The molecule has 0 heterocycles. The average Bonchev–Trinajstić information content (AvgIpc) is 2.42. The highest BCUT2D eigenvalue weighted by Gasteiger charge is 1.89. The van der Waals surface area contributed by atoms with E-state index in [0.717, 1.165) is 6.42 Å². The molecule has 1 aromatic carbocycles. The number of hydrogen-bond acceptors (Lipinski definition) is 1. The molecule has 1 rings (SSSR count). The number of unbranched alkanes of at least 4 members (excludes halogenated alkanes) is 6. The van der Waals surface area contributed by atoms with Crippen LogP contribution >= 0.6 is 0 Å².